The van der Waals surface area contributed by atoms with Gasteiger partial charge in [0.1, 0.15) is 6.54 Å². The van der Waals surface area contributed by atoms with Crippen LogP contribution in [0.5, 0.6) is 0 Å². The van der Waals surface area contributed by atoms with Gasteiger partial charge in [0.15, 0.2) is 0 Å². The van der Waals surface area contributed by atoms with E-state index in [0.29, 0.717) is 13.0 Å². The van der Waals surface area contributed by atoms with Gasteiger partial charge < -0.3 is 20.6 Å². The number of carboxylic acids is 1. The fourth-order valence-corrected chi connectivity index (χ4v) is 1.92. The Morgan fingerprint density at radius 3 is 2.19 bits per heavy atom. The molecule has 7 nitrogen and oxygen atoms in total. The second-order valence-corrected chi connectivity index (χ2v) is 5.27. The summed E-state index contributed by atoms with van der Waals surface area (Å²) in [5.41, 5.74) is 0. The molecule has 7 heteroatoms. The molecule has 1 atom stereocenters. The van der Waals surface area contributed by atoms with Crippen LogP contribution in [-0.4, -0.2) is 53.1 Å². The first-order chi connectivity index (χ1) is 9.79. The van der Waals surface area contributed by atoms with Crippen LogP contribution in [0.25, 0.3) is 0 Å². The van der Waals surface area contributed by atoms with Crippen molar-refractivity contribution in [3.05, 3.63) is 0 Å². The summed E-state index contributed by atoms with van der Waals surface area (Å²) in [5.74, 6) is -1.18. The van der Waals surface area contributed by atoms with Crippen LogP contribution >= 0.6 is 0 Å². The molecule has 3 amide bonds. The number of hydrogen-bond acceptors (Lipinski definition) is 3. The Labute approximate surface area is 126 Å². The molecular formula is C14H27N3O4. The highest BCUT2D eigenvalue weighted by molar-refractivity contribution is 5.84. The van der Waals surface area contributed by atoms with Crippen LogP contribution in [-0.2, 0) is 9.59 Å². The van der Waals surface area contributed by atoms with Crippen molar-refractivity contribution in [2.24, 2.45) is 0 Å². The quantitative estimate of drug-likeness (QED) is 0.595. The van der Waals surface area contributed by atoms with Crippen molar-refractivity contribution in [1.82, 2.24) is 15.5 Å². The van der Waals surface area contributed by atoms with Crippen molar-refractivity contribution in [1.29, 1.82) is 0 Å². The number of nitrogens with zero attached hydrogens (tertiary/aromatic N) is 1. The molecule has 1 unspecified atom stereocenters. The largest absolute Gasteiger partial charge is 0.481 e. The Morgan fingerprint density at radius 2 is 1.76 bits per heavy atom. The highest BCUT2D eigenvalue weighted by atomic mass is 16.4. The maximum atomic E-state index is 12.1. The van der Waals surface area contributed by atoms with E-state index in [0.717, 1.165) is 6.42 Å². The fraction of sp³-hybridized carbons (Fsp3) is 0.786. The lowest BCUT2D eigenvalue weighted by molar-refractivity contribution is -0.137. The van der Waals surface area contributed by atoms with Crippen molar-refractivity contribution < 1.29 is 19.5 Å². The first-order valence-corrected chi connectivity index (χ1v) is 7.36. The number of hydrogen-bond donors (Lipinski definition) is 3. The van der Waals surface area contributed by atoms with Gasteiger partial charge >= 0.3 is 12.0 Å². The predicted molar refractivity (Wildman–Crippen MR) is 80.0 cm³/mol. The zero-order valence-corrected chi connectivity index (χ0v) is 13.3. The molecule has 0 aromatic rings. The zero-order valence-electron chi connectivity index (χ0n) is 13.3. The van der Waals surface area contributed by atoms with Gasteiger partial charge in [0.05, 0.1) is 6.42 Å². The van der Waals surface area contributed by atoms with E-state index in [1.54, 1.807) is 6.92 Å². The molecule has 0 aliphatic heterocycles. The van der Waals surface area contributed by atoms with Crippen LogP contribution in [0.1, 0.15) is 47.0 Å². The van der Waals surface area contributed by atoms with E-state index in [1.807, 2.05) is 20.8 Å². The Hall–Kier alpha value is -1.79. The van der Waals surface area contributed by atoms with E-state index in [2.05, 4.69) is 10.6 Å². The molecule has 0 aliphatic carbocycles. The second kappa shape index (κ2) is 10.0. The SMILES string of the molecule is CCCC(CC(=O)O)NC(=O)N(CC)CC(=O)NC(C)C. The number of amides is 3. The van der Waals surface area contributed by atoms with E-state index in [1.165, 1.54) is 4.90 Å². The van der Waals surface area contributed by atoms with Crippen LogP contribution in [0.15, 0.2) is 0 Å². The summed E-state index contributed by atoms with van der Waals surface area (Å²) in [6.07, 6.45) is 1.25. The molecule has 0 aromatic heterocycles. The van der Waals surface area contributed by atoms with E-state index in [9.17, 15) is 14.4 Å². The minimum atomic E-state index is -0.950. The third-order valence-electron chi connectivity index (χ3n) is 2.84. The molecule has 0 bridgehead atoms. The smallest absolute Gasteiger partial charge is 0.318 e. The summed E-state index contributed by atoms with van der Waals surface area (Å²) in [7, 11) is 0. The Morgan fingerprint density at radius 1 is 1.14 bits per heavy atom. The second-order valence-electron chi connectivity index (χ2n) is 5.27. The first-order valence-electron chi connectivity index (χ1n) is 7.36. The summed E-state index contributed by atoms with van der Waals surface area (Å²) in [6.45, 7) is 7.73. The molecule has 21 heavy (non-hydrogen) atoms. The van der Waals surface area contributed by atoms with Crippen LogP contribution < -0.4 is 10.6 Å². The van der Waals surface area contributed by atoms with Gasteiger partial charge in [0, 0.05) is 18.6 Å². The van der Waals surface area contributed by atoms with Crippen molar-refractivity contribution in [2.75, 3.05) is 13.1 Å². The molecular weight excluding hydrogens is 274 g/mol. The van der Waals surface area contributed by atoms with Gasteiger partial charge in [-0.2, -0.15) is 0 Å². The number of carbonyl (C=O) groups is 3. The number of carboxylic acid groups (broad SMARTS) is 1. The number of nitrogens with one attached hydrogen (secondary N) is 2. The average molecular weight is 301 g/mol. The third kappa shape index (κ3) is 8.88. The van der Waals surface area contributed by atoms with Crippen LogP contribution in [0, 0.1) is 0 Å². The first kappa shape index (κ1) is 19.2. The van der Waals surface area contributed by atoms with E-state index in [4.69, 9.17) is 5.11 Å². The Kier molecular flexibility index (Phi) is 9.16. The van der Waals surface area contributed by atoms with E-state index >= 15 is 0 Å². The molecule has 0 saturated carbocycles. The molecule has 0 fully saturated rings. The summed E-state index contributed by atoms with van der Waals surface area (Å²) in [5, 5.41) is 14.2. The van der Waals surface area contributed by atoms with Crippen molar-refractivity contribution >= 4 is 17.9 Å². The summed E-state index contributed by atoms with van der Waals surface area (Å²) >= 11 is 0. The number of likely N-dealkylation sites (N-methyl/N-ethyl adjacent to an activating group) is 1. The molecule has 0 aromatic carbocycles. The standard InChI is InChI=1S/C14H27N3O4/c1-5-7-11(8-13(19)20)16-14(21)17(6-2)9-12(18)15-10(3)4/h10-11H,5-9H2,1-4H3,(H,15,18)(H,16,21)(H,19,20). The van der Waals surface area contributed by atoms with Crippen LogP contribution in [0.3, 0.4) is 0 Å². The van der Waals surface area contributed by atoms with Gasteiger partial charge in [-0.05, 0) is 27.2 Å². The lowest BCUT2D eigenvalue weighted by atomic mass is 10.1. The summed E-state index contributed by atoms with van der Waals surface area (Å²) in [4.78, 5) is 35.9. The molecule has 0 radical (unpaired) electrons. The fourth-order valence-electron chi connectivity index (χ4n) is 1.92. The molecule has 0 heterocycles. The van der Waals surface area contributed by atoms with Gasteiger partial charge in [-0.1, -0.05) is 13.3 Å². The molecule has 0 aliphatic rings. The molecule has 0 saturated heterocycles. The molecule has 3 N–H and O–H groups in total. The van der Waals surface area contributed by atoms with Crippen LogP contribution in [0.2, 0.25) is 0 Å². The van der Waals surface area contributed by atoms with Crippen LogP contribution in [0.4, 0.5) is 4.79 Å². The lowest BCUT2D eigenvalue weighted by Crippen LogP contribution is -2.49. The molecule has 122 valence electrons. The highest BCUT2D eigenvalue weighted by Gasteiger charge is 2.20. The predicted octanol–water partition coefficient (Wildman–Crippen LogP) is 1.19. The van der Waals surface area contributed by atoms with Crippen molar-refractivity contribution in [2.45, 2.75) is 59.0 Å². The molecule has 0 rings (SSSR count). The minimum Gasteiger partial charge on any atom is -0.481 e. The summed E-state index contributed by atoms with van der Waals surface area (Å²) < 4.78 is 0. The number of urea groups is 1. The van der Waals surface area contributed by atoms with Gasteiger partial charge in [0.2, 0.25) is 5.91 Å². The van der Waals surface area contributed by atoms with E-state index < -0.39 is 18.0 Å². The van der Waals surface area contributed by atoms with Gasteiger partial charge in [-0.15, -0.1) is 0 Å². The van der Waals surface area contributed by atoms with Gasteiger partial charge in [0.25, 0.3) is 0 Å². The monoisotopic (exact) mass is 301 g/mol. The highest BCUT2D eigenvalue weighted by Crippen LogP contribution is 2.03. The van der Waals surface area contributed by atoms with Crippen molar-refractivity contribution in [3.8, 4) is 0 Å². The van der Waals surface area contributed by atoms with Gasteiger partial charge in [-0.25, -0.2) is 4.79 Å². The van der Waals surface area contributed by atoms with Crippen molar-refractivity contribution in [3.63, 3.8) is 0 Å². The average Bonchev–Trinajstić information content (AvgIpc) is 2.34. The number of rotatable bonds is 9. The number of carbonyl (C=O) groups excluding carboxylic acids is 2. The third-order valence-corrected chi connectivity index (χ3v) is 2.84. The molecule has 0 spiro atoms. The minimum absolute atomic E-state index is 0.0131. The van der Waals surface area contributed by atoms with E-state index in [-0.39, 0.29) is 24.9 Å². The Balaban J connectivity index is 4.53. The number of aliphatic carboxylic acids is 1. The summed E-state index contributed by atoms with van der Waals surface area (Å²) in [6, 6.07) is -0.808. The maximum absolute atomic E-state index is 12.1. The maximum Gasteiger partial charge on any atom is 0.318 e. The van der Waals surface area contributed by atoms with Gasteiger partial charge in [-0.3, -0.25) is 9.59 Å². The zero-order chi connectivity index (χ0) is 16.4. The normalized spacial score (nSPS) is 11.9. The lowest BCUT2D eigenvalue weighted by Gasteiger charge is -2.24. The Bertz CT molecular complexity index is 358. The topological polar surface area (TPSA) is 98.7 Å².